The first-order valence-corrected chi connectivity index (χ1v) is 6.17. The molecule has 2 rings (SSSR count). The SMILES string of the molecule is CN(C)[C@H]1COC[C@H]1c1cc([N+](=O)[O-])ccc1C(=O)O. The first kappa shape index (κ1) is 14.4. The third-order valence-corrected chi connectivity index (χ3v) is 3.59. The molecule has 0 unspecified atom stereocenters. The van der Waals surface area contributed by atoms with E-state index in [-0.39, 0.29) is 23.2 Å². The van der Waals surface area contributed by atoms with Gasteiger partial charge in [-0.2, -0.15) is 0 Å². The standard InChI is InChI=1S/C13H16N2O5/c1-14(2)12-7-20-6-11(12)10-5-8(15(18)19)3-4-9(10)13(16)17/h3-5,11-12H,6-7H2,1-2H3,(H,16,17)/t11-,12-/m0/s1. The molecule has 1 aromatic carbocycles. The zero-order valence-electron chi connectivity index (χ0n) is 11.3. The van der Waals surface area contributed by atoms with Gasteiger partial charge in [0.1, 0.15) is 0 Å². The summed E-state index contributed by atoms with van der Waals surface area (Å²) in [7, 11) is 3.76. The molecule has 108 valence electrons. The van der Waals surface area contributed by atoms with Gasteiger partial charge in [-0.1, -0.05) is 0 Å². The molecule has 0 radical (unpaired) electrons. The molecule has 0 amide bonds. The Kier molecular flexibility index (Phi) is 4.01. The summed E-state index contributed by atoms with van der Waals surface area (Å²) in [6, 6.07) is 3.86. The highest BCUT2D eigenvalue weighted by Crippen LogP contribution is 2.33. The fourth-order valence-corrected chi connectivity index (χ4v) is 2.51. The van der Waals surface area contributed by atoms with E-state index < -0.39 is 10.9 Å². The van der Waals surface area contributed by atoms with E-state index in [0.717, 1.165) is 0 Å². The fraction of sp³-hybridized carbons (Fsp3) is 0.462. The highest BCUT2D eigenvalue weighted by Gasteiger charge is 2.34. The molecule has 1 N–H and O–H groups in total. The van der Waals surface area contributed by atoms with Crippen LogP contribution in [0, 0.1) is 10.1 Å². The number of aromatic carboxylic acids is 1. The van der Waals surface area contributed by atoms with E-state index in [9.17, 15) is 20.0 Å². The minimum atomic E-state index is -1.08. The quantitative estimate of drug-likeness (QED) is 0.660. The van der Waals surface area contributed by atoms with E-state index in [2.05, 4.69) is 0 Å². The summed E-state index contributed by atoms with van der Waals surface area (Å²) < 4.78 is 5.42. The Bertz CT molecular complexity index is 544. The van der Waals surface area contributed by atoms with Crippen LogP contribution in [0.5, 0.6) is 0 Å². The van der Waals surface area contributed by atoms with Crippen LogP contribution in [0.25, 0.3) is 0 Å². The molecular weight excluding hydrogens is 264 g/mol. The minimum Gasteiger partial charge on any atom is -0.478 e. The van der Waals surface area contributed by atoms with E-state index >= 15 is 0 Å². The molecular formula is C13H16N2O5. The van der Waals surface area contributed by atoms with Crippen molar-refractivity contribution in [1.29, 1.82) is 0 Å². The molecule has 0 aliphatic carbocycles. The monoisotopic (exact) mass is 280 g/mol. The number of non-ortho nitro benzene ring substituents is 1. The lowest BCUT2D eigenvalue weighted by Gasteiger charge is -2.25. The number of carboxylic acids is 1. The van der Waals surface area contributed by atoms with Crippen LogP contribution in [0.3, 0.4) is 0 Å². The van der Waals surface area contributed by atoms with Crippen LogP contribution in [0.15, 0.2) is 18.2 Å². The zero-order valence-corrected chi connectivity index (χ0v) is 11.3. The van der Waals surface area contributed by atoms with E-state index in [1.54, 1.807) is 0 Å². The molecule has 1 aromatic rings. The highest BCUT2D eigenvalue weighted by molar-refractivity contribution is 5.90. The van der Waals surface area contributed by atoms with Crippen molar-refractivity contribution in [2.75, 3.05) is 27.3 Å². The first-order chi connectivity index (χ1) is 9.41. The van der Waals surface area contributed by atoms with Gasteiger partial charge in [-0.15, -0.1) is 0 Å². The molecule has 1 aliphatic rings. The second-order valence-corrected chi connectivity index (χ2v) is 5.01. The number of nitro groups is 1. The van der Waals surface area contributed by atoms with Gasteiger partial charge < -0.3 is 14.7 Å². The molecule has 7 heteroatoms. The van der Waals surface area contributed by atoms with Gasteiger partial charge in [0.05, 0.1) is 23.7 Å². The third kappa shape index (κ3) is 2.63. The van der Waals surface area contributed by atoms with Crippen molar-refractivity contribution < 1.29 is 19.6 Å². The third-order valence-electron chi connectivity index (χ3n) is 3.59. The summed E-state index contributed by atoms with van der Waals surface area (Å²) in [5.41, 5.74) is 0.454. The van der Waals surface area contributed by atoms with Crippen molar-refractivity contribution >= 4 is 11.7 Å². The number of benzene rings is 1. The van der Waals surface area contributed by atoms with E-state index in [0.29, 0.717) is 18.8 Å². The Morgan fingerprint density at radius 1 is 1.45 bits per heavy atom. The summed E-state index contributed by atoms with van der Waals surface area (Å²) in [5, 5.41) is 20.1. The maximum absolute atomic E-state index is 11.3. The summed E-state index contributed by atoms with van der Waals surface area (Å²) >= 11 is 0. The van der Waals surface area contributed by atoms with Gasteiger partial charge in [-0.25, -0.2) is 4.79 Å². The molecule has 1 aliphatic heterocycles. The maximum Gasteiger partial charge on any atom is 0.335 e. The van der Waals surface area contributed by atoms with Crippen LogP contribution in [0.1, 0.15) is 21.8 Å². The van der Waals surface area contributed by atoms with Crippen molar-refractivity contribution in [1.82, 2.24) is 4.90 Å². The fourth-order valence-electron chi connectivity index (χ4n) is 2.51. The Balaban J connectivity index is 2.49. The number of likely N-dealkylation sites (N-methyl/N-ethyl adjacent to an activating group) is 1. The second-order valence-electron chi connectivity index (χ2n) is 5.01. The van der Waals surface area contributed by atoms with E-state index in [1.807, 2.05) is 19.0 Å². The zero-order chi connectivity index (χ0) is 14.9. The van der Waals surface area contributed by atoms with Crippen LogP contribution >= 0.6 is 0 Å². The van der Waals surface area contributed by atoms with Crippen molar-refractivity contribution in [3.8, 4) is 0 Å². The Morgan fingerprint density at radius 2 is 2.15 bits per heavy atom. The number of hydrogen-bond donors (Lipinski definition) is 1. The maximum atomic E-state index is 11.3. The van der Waals surface area contributed by atoms with Crippen LogP contribution in [-0.2, 0) is 4.74 Å². The van der Waals surface area contributed by atoms with Gasteiger partial charge in [-0.3, -0.25) is 10.1 Å². The van der Waals surface area contributed by atoms with Crippen LogP contribution in [0.2, 0.25) is 0 Å². The van der Waals surface area contributed by atoms with Crippen molar-refractivity contribution in [2.45, 2.75) is 12.0 Å². The normalized spacial score (nSPS) is 22.1. The van der Waals surface area contributed by atoms with Crippen molar-refractivity contribution in [2.24, 2.45) is 0 Å². The summed E-state index contributed by atoms with van der Waals surface area (Å²) in [4.78, 5) is 23.6. The molecule has 0 bridgehead atoms. The number of hydrogen-bond acceptors (Lipinski definition) is 5. The average molecular weight is 280 g/mol. The van der Waals surface area contributed by atoms with Crippen molar-refractivity contribution in [3.63, 3.8) is 0 Å². The first-order valence-electron chi connectivity index (χ1n) is 6.17. The van der Waals surface area contributed by atoms with E-state index in [1.165, 1.54) is 18.2 Å². The average Bonchev–Trinajstić information content (AvgIpc) is 2.86. The Morgan fingerprint density at radius 3 is 2.70 bits per heavy atom. The number of ether oxygens (including phenoxy) is 1. The largest absolute Gasteiger partial charge is 0.478 e. The molecule has 0 spiro atoms. The van der Waals surface area contributed by atoms with Crippen LogP contribution in [-0.4, -0.2) is 54.3 Å². The van der Waals surface area contributed by atoms with Gasteiger partial charge in [0.25, 0.3) is 5.69 Å². The molecule has 1 fully saturated rings. The molecule has 0 aromatic heterocycles. The predicted molar refractivity (Wildman–Crippen MR) is 71.1 cm³/mol. The summed E-state index contributed by atoms with van der Waals surface area (Å²) in [5.74, 6) is -1.27. The van der Waals surface area contributed by atoms with Crippen LogP contribution < -0.4 is 0 Å². The highest BCUT2D eigenvalue weighted by atomic mass is 16.6. The van der Waals surface area contributed by atoms with Gasteiger partial charge in [-0.05, 0) is 25.7 Å². The van der Waals surface area contributed by atoms with E-state index in [4.69, 9.17) is 4.74 Å². The van der Waals surface area contributed by atoms with Gasteiger partial charge in [0.2, 0.25) is 0 Å². The van der Waals surface area contributed by atoms with Gasteiger partial charge in [0, 0.05) is 24.1 Å². The Hall–Kier alpha value is -1.99. The minimum absolute atomic E-state index is 0.00936. The molecule has 0 saturated carbocycles. The predicted octanol–water partition coefficient (Wildman–Crippen LogP) is 1.34. The topological polar surface area (TPSA) is 92.9 Å². The second kappa shape index (κ2) is 5.56. The number of nitro benzene ring substituents is 1. The number of carbonyl (C=O) groups is 1. The molecule has 1 heterocycles. The lowest BCUT2D eigenvalue weighted by atomic mass is 9.89. The molecule has 2 atom stereocenters. The van der Waals surface area contributed by atoms with Crippen LogP contribution in [0.4, 0.5) is 5.69 Å². The van der Waals surface area contributed by atoms with Crippen molar-refractivity contribution in [3.05, 3.63) is 39.4 Å². The van der Waals surface area contributed by atoms with Gasteiger partial charge in [0.15, 0.2) is 0 Å². The number of rotatable bonds is 4. The lowest BCUT2D eigenvalue weighted by Crippen LogP contribution is -2.33. The van der Waals surface area contributed by atoms with Gasteiger partial charge >= 0.3 is 5.97 Å². The summed E-state index contributed by atoms with van der Waals surface area (Å²) in [6.45, 7) is 0.851. The molecule has 7 nitrogen and oxygen atoms in total. The summed E-state index contributed by atoms with van der Waals surface area (Å²) in [6.07, 6.45) is 0. The molecule has 20 heavy (non-hydrogen) atoms. The molecule has 1 saturated heterocycles. The smallest absolute Gasteiger partial charge is 0.335 e. The number of carboxylic acid groups (broad SMARTS) is 1. The number of nitrogens with zero attached hydrogens (tertiary/aromatic N) is 2. The lowest BCUT2D eigenvalue weighted by molar-refractivity contribution is -0.384. The Labute approximate surface area is 115 Å².